The summed E-state index contributed by atoms with van der Waals surface area (Å²) in [7, 11) is -4.33. The average molecular weight is 373 g/mol. The van der Waals surface area contributed by atoms with E-state index >= 15 is 0 Å². The van der Waals surface area contributed by atoms with E-state index in [1.807, 2.05) is 0 Å². The summed E-state index contributed by atoms with van der Waals surface area (Å²) in [6.45, 7) is 0. The van der Waals surface area contributed by atoms with Crippen molar-refractivity contribution < 1.29 is 23.8 Å². The van der Waals surface area contributed by atoms with Crippen LogP contribution in [0.2, 0.25) is 0 Å². The second kappa shape index (κ2) is 10.8. The highest BCUT2D eigenvalue weighted by Crippen LogP contribution is 2.18. The molecule has 2 fully saturated rings. The van der Waals surface area contributed by atoms with E-state index in [0.717, 1.165) is 12.1 Å². The number of hydrogen-bond acceptors (Lipinski definition) is 4. The molecule has 6 nitrogen and oxygen atoms in total. The van der Waals surface area contributed by atoms with Crippen molar-refractivity contribution in [3.63, 3.8) is 0 Å². The fourth-order valence-corrected chi connectivity index (χ4v) is 4.14. The van der Waals surface area contributed by atoms with Crippen molar-refractivity contribution in [1.29, 1.82) is 0 Å². The van der Waals surface area contributed by atoms with Crippen LogP contribution in [-0.2, 0) is 10.1 Å². The fraction of sp³-hybridized carbons (Fsp3) is 0.667. The van der Waals surface area contributed by atoms with E-state index in [2.05, 4.69) is 5.32 Å². The minimum absolute atomic E-state index is 0. The molecule has 0 unspecified atom stereocenters. The average Bonchev–Trinajstić information content (AvgIpc) is 2.57. The Bertz CT molecular complexity index is 562. The lowest BCUT2D eigenvalue weighted by Gasteiger charge is -2.27. The molecule has 2 aliphatic rings. The first-order chi connectivity index (χ1) is 11.4. The fourth-order valence-electron chi connectivity index (χ4n) is 3.67. The van der Waals surface area contributed by atoms with Gasteiger partial charge in [-0.2, -0.15) is 0 Å². The molecule has 0 aromatic heterocycles. The van der Waals surface area contributed by atoms with Gasteiger partial charge in [-0.15, -0.1) is 0 Å². The zero-order valence-corrected chi connectivity index (χ0v) is 15.6. The summed E-state index contributed by atoms with van der Waals surface area (Å²) >= 11 is 0. The number of benzene rings is 1. The van der Waals surface area contributed by atoms with Gasteiger partial charge in [0.25, 0.3) is 0 Å². The van der Waals surface area contributed by atoms with Crippen LogP contribution in [0.1, 0.15) is 64.2 Å². The third-order valence-electron chi connectivity index (χ3n) is 5.01. The van der Waals surface area contributed by atoms with E-state index < -0.39 is 10.1 Å². The molecule has 2 saturated carbocycles. The van der Waals surface area contributed by atoms with Crippen molar-refractivity contribution in [2.45, 2.75) is 81.2 Å². The minimum atomic E-state index is -4.33. The van der Waals surface area contributed by atoms with Gasteiger partial charge in [-0.3, -0.25) is 0 Å². The predicted molar refractivity (Wildman–Crippen MR) is 98.1 cm³/mol. The molecule has 0 atom stereocenters. The third-order valence-corrected chi connectivity index (χ3v) is 5.86. The van der Waals surface area contributed by atoms with E-state index in [-0.39, 0.29) is 10.4 Å². The molecular formula is C18H32N2O4S. The SMILES string of the molecule is C1CCC([NH2+]C2CCCCC2)CC1.Nc1ccc(S(=O)(=O)[O-])cc1.O. The van der Waals surface area contributed by atoms with Crippen LogP contribution in [0.5, 0.6) is 0 Å². The molecule has 1 aromatic rings. The molecule has 1 aromatic carbocycles. The summed E-state index contributed by atoms with van der Waals surface area (Å²) in [4.78, 5) is -0.258. The predicted octanol–water partition coefficient (Wildman–Crippen LogP) is 1.56. The second-order valence-electron chi connectivity index (χ2n) is 7.01. The second-order valence-corrected chi connectivity index (χ2v) is 8.39. The molecule has 0 aliphatic heterocycles. The Labute approximate surface area is 151 Å². The van der Waals surface area contributed by atoms with Gasteiger partial charge in [-0.25, -0.2) is 8.42 Å². The topological polar surface area (TPSA) is 131 Å². The van der Waals surface area contributed by atoms with Crippen LogP contribution in [0.4, 0.5) is 5.69 Å². The Hall–Kier alpha value is -1.15. The van der Waals surface area contributed by atoms with Crippen molar-refractivity contribution in [2.24, 2.45) is 0 Å². The van der Waals surface area contributed by atoms with Crippen LogP contribution in [0.25, 0.3) is 0 Å². The summed E-state index contributed by atoms with van der Waals surface area (Å²) in [6.07, 6.45) is 15.0. The van der Waals surface area contributed by atoms with Gasteiger partial charge in [0, 0.05) is 5.69 Å². The third kappa shape index (κ3) is 8.18. The van der Waals surface area contributed by atoms with Crippen LogP contribution in [0.3, 0.4) is 0 Å². The van der Waals surface area contributed by atoms with E-state index in [9.17, 15) is 13.0 Å². The summed E-state index contributed by atoms with van der Waals surface area (Å²) in [6, 6.07) is 7.08. The molecule has 0 radical (unpaired) electrons. The number of rotatable bonds is 3. The molecule has 0 heterocycles. The smallest absolute Gasteiger partial charge is 0.124 e. The number of quaternary nitrogens is 1. The van der Waals surface area contributed by atoms with Crippen LogP contribution < -0.4 is 11.1 Å². The van der Waals surface area contributed by atoms with Gasteiger partial charge in [-0.05, 0) is 75.6 Å². The van der Waals surface area contributed by atoms with E-state index in [1.165, 1.54) is 88.5 Å². The summed E-state index contributed by atoms with van der Waals surface area (Å²) in [5.74, 6) is 0. The van der Waals surface area contributed by atoms with Crippen molar-refractivity contribution in [3.8, 4) is 0 Å². The summed E-state index contributed by atoms with van der Waals surface area (Å²) in [5.41, 5.74) is 5.70. The van der Waals surface area contributed by atoms with Crippen LogP contribution in [0, 0.1) is 0 Å². The molecule has 0 saturated heterocycles. The van der Waals surface area contributed by atoms with E-state index in [1.54, 1.807) is 0 Å². The lowest BCUT2D eigenvalue weighted by Crippen LogP contribution is -2.95. The van der Waals surface area contributed by atoms with Gasteiger partial charge >= 0.3 is 0 Å². The Morgan fingerprint density at radius 2 is 1.24 bits per heavy atom. The number of nitrogens with two attached hydrogens (primary N) is 2. The normalized spacial score (nSPS) is 19.4. The van der Waals surface area contributed by atoms with Crippen molar-refractivity contribution in [2.75, 3.05) is 5.73 Å². The Morgan fingerprint density at radius 3 is 1.60 bits per heavy atom. The first kappa shape index (κ1) is 21.9. The maximum absolute atomic E-state index is 10.3. The molecular weight excluding hydrogens is 340 g/mol. The molecule has 6 N–H and O–H groups in total. The van der Waals surface area contributed by atoms with E-state index in [0.29, 0.717) is 5.69 Å². The lowest BCUT2D eigenvalue weighted by atomic mass is 9.91. The van der Waals surface area contributed by atoms with E-state index in [4.69, 9.17) is 5.73 Å². The maximum Gasteiger partial charge on any atom is 0.124 e. The molecule has 25 heavy (non-hydrogen) atoms. The van der Waals surface area contributed by atoms with Gasteiger partial charge < -0.3 is 21.1 Å². The molecule has 0 amide bonds. The summed E-state index contributed by atoms with van der Waals surface area (Å²) in [5, 5.41) is 2.72. The Kier molecular flexibility index (Phi) is 9.42. The molecule has 2 aliphatic carbocycles. The Balaban J connectivity index is 0.000000244. The minimum Gasteiger partial charge on any atom is -0.744 e. The monoisotopic (exact) mass is 372 g/mol. The van der Waals surface area contributed by atoms with Crippen molar-refractivity contribution in [3.05, 3.63) is 24.3 Å². The lowest BCUT2D eigenvalue weighted by molar-refractivity contribution is -0.725. The van der Waals surface area contributed by atoms with Crippen molar-refractivity contribution in [1.82, 2.24) is 0 Å². The quantitative estimate of drug-likeness (QED) is 0.615. The standard InChI is InChI=1S/C12H23N.C6H7NO3S.H2O/c1-3-7-11(8-4-1)13-12-9-5-2-6-10-12;7-5-1-3-6(4-2-5)11(8,9)10;/h11-13H,1-10H2;1-4H,7H2,(H,8,9,10);1H2. The summed E-state index contributed by atoms with van der Waals surface area (Å²) < 4.78 is 31.0. The number of nitrogen functional groups attached to an aromatic ring is 1. The maximum atomic E-state index is 10.3. The zero-order chi connectivity index (χ0) is 17.4. The van der Waals surface area contributed by atoms with Crippen LogP contribution >= 0.6 is 0 Å². The van der Waals surface area contributed by atoms with Gasteiger partial charge in [0.1, 0.15) is 10.1 Å². The zero-order valence-electron chi connectivity index (χ0n) is 14.8. The van der Waals surface area contributed by atoms with Crippen LogP contribution in [0.15, 0.2) is 29.2 Å². The van der Waals surface area contributed by atoms with Crippen molar-refractivity contribution >= 4 is 15.8 Å². The highest BCUT2D eigenvalue weighted by molar-refractivity contribution is 7.85. The molecule has 3 rings (SSSR count). The van der Waals surface area contributed by atoms with Gasteiger partial charge in [0.05, 0.1) is 17.0 Å². The molecule has 0 spiro atoms. The van der Waals surface area contributed by atoms with Gasteiger partial charge in [0.2, 0.25) is 0 Å². The van der Waals surface area contributed by atoms with Gasteiger partial charge in [-0.1, -0.05) is 12.8 Å². The first-order valence-corrected chi connectivity index (χ1v) is 10.5. The molecule has 0 bridgehead atoms. The van der Waals surface area contributed by atoms with Gasteiger partial charge in [0.15, 0.2) is 0 Å². The molecule has 7 heteroatoms. The first-order valence-electron chi connectivity index (χ1n) is 9.11. The largest absolute Gasteiger partial charge is 0.744 e. The molecule has 144 valence electrons. The number of anilines is 1. The van der Waals surface area contributed by atoms with Crippen LogP contribution in [-0.4, -0.2) is 30.5 Å². The number of hydrogen-bond donors (Lipinski definition) is 2. The Morgan fingerprint density at radius 1 is 0.840 bits per heavy atom. The highest BCUT2D eigenvalue weighted by atomic mass is 32.2. The highest BCUT2D eigenvalue weighted by Gasteiger charge is 2.22.